The van der Waals surface area contributed by atoms with Crippen molar-refractivity contribution < 1.29 is 24.7 Å². The number of nitro benzene ring substituents is 1. The van der Waals surface area contributed by atoms with Crippen LogP contribution in [-0.2, 0) is 43.6 Å². The van der Waals surface area contributed by atoms with E-state index in [2.05, 4.69) is 24.6 Å². The summed E-state index contributed by atoms with van der Waals surface area (Å²) >= 11 is 17.8. The van der Waals surface area contributed by atoms with E-state index in [1.54, 1.807) is 24.6 Å². The Balaban J connectivity index is 0.000000177. The van der Waals surface area contributed by atoms with E-state index in [9.17, 15) is 19.7 Å². The maximum absolute atomic E-state index is 11.3. The van der Waals surface area contributed by atoms with Gasteiger partial charge in [0.1, 0.15) is 17.1 Å². The summed E-state index contributed by atoms with van der Waals surface area (Å²) in [6, 6.07) is 14.8. The lowest BCUT2D eigenvalue weighted by Gasteiger charge is -2.07. The number of nitrogens with zero attached hydrogens (tertiary/aromatic N) is 4. The first-order valence-corrected chi connectivity index (χ1v) is 16.8. The lowest BCUT2D eigenvalue weighted by Crippen LogP contribution is -2.32. The molecular weight excluding hydrogens is 719 g/mol. The molecule has 0 spiro atoms. The Morgan fingerprint density at radius 2 is 1.24 bits per heavy atom. The molecule has 0 saturated heterocycles. The van der Waals surface area contributed by atoms with Crippen molar-refractivity contribution in [2.45, 2.75) is 45.7 Å². The van der Waals surface area contributed by atoms with Crippen molar-refractivity contribution in [3.63, 3.8) is 0 Å². The van der Waals surface area contributed by atoms with Crippen LogP contribution in [0, 0.1) is 30.9 Å². The predicted molar refractivity (Wildman–Crippen MR) is 203 cm³/mol. The molecule has 270 valence electrons. The minimum atomic E-state index is -1.16. The van der Waals surface area contributed by atoms with Gasteiger partial charge in [-0.3, -0.25) is 19.7 Å². The number of aliphatic carboxylic acids is 2. The van der Waals surface area contributed by atoms with Gasteiger partial charge in [-0.25, -0.2) is 0 Å². The number of aryl methyl sites for hydroxylation is 4. The highest BCUT2D eigenvalue weighted by atomic mass is 35.5. The van der Waals surface area contributed by atoms with Crippen LogP contribution in [0.5, 0.6) is 0 Å². The van der Waals surface area contributed by atoms with E-state index < -0.39 is 28.9 Å². The first-order chi connectivity index (χ1) is 23.8. The van der Waals surface area contributed by atoms with Crippen molar-refractivity contribution in [1.29, 1.82) is 0 Å². The van der Waals surface area contributed by atoms with Crippen LogP contribution in [0.15, 0.2) is 54.6 Å². The van der Waals surface area contributed by atoms with Crippen LogP contribution < -0.4 is 11.5 Å². The molecule has 6 N–H and O–H groups in total. The summed E-state index contributed by atoms with van der Waals surface area (Å²) in [6.45, 7) is 5.81. The summed E-state index contributed by atoms with van der Waals surface area (Å²) in [5, 5.41) is 33.1. The first-order valence-electron chi connectivity index (χ1n) is 15.7. The molecule has 51 heavy (non-hydrogen) atoms. The number of aromatic nitrogens is 3. The second-order valence-corrected chi connectivity index (χ2v) is 13.6. The third kappa shape index (κ3) is 8.16. The van der Waals surface area contributed by atoms with Gasteiger partial charge in [0.15, 0.2) is 0 Å². The monoisotopic (exact) mass is 756 g/mol. The number of hydrogen-bond acceptors (Lipinski definition) is 6. The number of carboxylic acid groups (broad SMARTS) is 2. The zero-order valence-electron chi connectivity index (χ0n) is 28.9. The zero-order chi connectivity index (χ0) is 38.1. The van der Waals surface area contributed by atoms with E-state index in [-0.39, 0.29) is 17.1 Å². The van der Waals surface area contributed by atoms with Crippen LogP contribution in [0.2, 0.25) is 15.1 Å². The van der Waals surface area contributed by atoms with E-state index in [1.165, 1.54) is 22.7 Å². The summed E-state index contributed by atoms with van der Waals surface area (Å²) in [5.74, 6) is -2.15. The molecule has 0 aliphatic carbocycles. The molecular formula is C36H39Cl3N6O6. The average molecular weight is 758 g/mol. The normalized spacial score (nSPS) is 12.3. The molecule has 2 atom stereocenters. The molecule has 0 aliphatic heterocycles. The lowest BCUT2D eigenvalue weighted by molar-refractivity contribution is -0.382. The Hall–Kier alpha value is -4.59. The second-order valence-electron chi connectivity index (χ2n) is 12.3. The minimum absolute atomic E-state index is 0.000309. The Labute approximate surface area is 308 Å². The van der Waals surface area contributed by atoms with Gasteiger partial charge in [-0.1, -0.05) is 34.8 Å². The van der Waals surface area contributed by atoms with Crippen LogP contribution in [0.1, 0.15) is 28.2 Å². The summed E-state index contributed by atoms with van der Waals surface area (Å²) in [4.78, 5) is 32.6. The average Bonchev–Trinajstić information content (AvgIpc) is 3.57. The first kappa shape index (κ1) is 39.2. The highest BCUT2D eigenvalue weighted by Gasteiger charge is 2.27. The number of benzene rings is 3. The minimum Gasteiger partial charge on any atom is -0.480 e. The molecule has 6 rings (SSSR count). The highest BCUT2D eigenvalue weighted by Crippen LogP contribution is 2.38. The maximum Gasteiger partial charge on any atom is 0.320 e. The Bertz CT molecular complexity index is 2310. The van der Waals surface area contributed by atoms with Gasteiger partial charge in [0, 0.05) is 82.9 Å². The number of rotatable bonds is 7. The van der Waals surface area contributed by atoms with E-state index >= 15 is 0 Å². The van der Waals surface area contributed by atoms with Crippen LogP contribution >= 0.6 is 34.8 Å². The molecule has 0 fully saturated rings. The maximum atomic E-state index is 11.3. The van der Waals surface area contributed by atoms with Crippen molar-refractivity contribution in [3.8, 4) is 0 Å². The topological polar surface area (TPSA) is 185 Å². The molecule has 6 aromatic rings. The number of fused-ring (bicyclic) bond motifs is 3. The molecule has 12 nitrogen and oxygen atoms in total. The predicted octanol–water partition coefficient (Wildman–Crippen LogP) is 7.24. The van der Waals surface area contributed by atoms with E-state index in [4.69, 9.17) is 56.5 Å². The van der Waals surface area contributed by atoms with Gasteiger partial charge in [-0.2, -0.15) is 0 Å². The zero-order valence-corrected chi connectivity index (χ0v) is 31.1. The number of halogens is 3. The van der Waals surface area contributed by atoms with Crippen LogP contribution in [0.3, 0.4) is 0 Å². The van der Waals surface area contributed by atoms with Gasteiger partial charge in [0.25, 0.3) is 5.69 Å². The lowest BCUT2D eigenvalue weighted by atomic mass is 10.0. The molecule has 0 bridgehead atoms. The van der Waals surface area contributed by atoms with E-state index in [0.717, 1.165) is 32.9 Å². The van der Waals surface area contributed by atoms with Crippen molar-refractivity contribution in [2.75, 3.05) is 0 Å². The number of hydrogen-bond donors (Lipinski definition) is 4. The largest absolute Gasteiger partial charge is 0.480 e. The third-order valence-corrected chi connectivity index (χ3v) is 9.98. The van der Waals surface area contributed by atoms with Gasteiger partial charge in [0.2, 0.25) is 0 Å². The highest BCUT2D eigenvalue weighted by molar-refractivity contribution is 6.34. The van der Waals surface area contributed by atoms with Gasteiger partial charge in [-0.15, -0.1) is 0 Å². The molecule has 0 radical (unpaired) electrons. The Kier molecular flexibility index (Phi) is 12.1. The van der Waals surface area contributed by atoms with Crippen molar-refractivity contribution in [1.82, 2.24) is 13.7 Å². The number of nitro groups is 1. The van der Waals surface area contributed by atoms with Crippen molar-refractivity contribution >= 4 is 85.1 Å². The molecule has 3 heterocycles. The quantitative estimate of drug-likeness (QED) is 0.0970. The van der Waals surface area contributed by atoms with E-state index in [0.29, 0.717) is 27.9 Å². The summed E-state index contributed by atoms with van der Waals surface area (Å²) < 4.78 is 5.95. The summed E-state index contributed by atoms with van der Waals surface area (Å²) in [5.41, 5.74) is 18.3. The second kappa shape index (κ2) is 15.7. The summed E-state index contributed by atoms with van der Waals surface area (Å²) in [6.07, 6.45) is 0.304. The smallest absolute Gasteiger partial charge is 0.320 e. The molecule has 3 aromatic heterocycles. The molecule has 15 heteroatoms. The molecule has 0 amide bonds. The SMILES string of the molecule is Cc1c(CC(N)C(=O)O)c2c([N+](=O)[O-])c(Cl)ccc2n1C.Cc1c(CC(N)C(=O)O)c2cc(Cl)ccc2n1C.Cc1cc2cc(Cl)ccc2n1C. The van der Waals surface area contributed by atoms with E-state index in [1.807, 2.05) is 54.9 Å². The summed E-state index contributed by atoms with van der Waals surface area (Å²) in [7, 11) is 5.76. The van der Waals surface area contributed by atoms with Crippen LogP contribution in [-0.4, -0.2) is 52.9 Å². The fourth-order valence-electron chi connectivity index (χ4n) is 6.08. The van der Waals surface area contributed by atoms with Gasteiger partial charge >= 0.3 is 11.9 Å². The fourth-order valence-corrected chi connectivity index (χ4v) is 6.65. The Morgan fingerprint density at radius 3 is 1.80 bits per heavy atom. The van der Waals surface area contributed by atoms with Crippen molar-refractivity contribution in [2.24, 2.45) is 32.6 Å². The van der Waals surface area contributed by atoms with Crippen molar-refractivity contribution in [3.05, 3.63) is 108 Å². The van der Waals surface area contributed by atoms with Gasteiger partial charge in [-0.05, 0) is 86.5 Å². The van der Waals surface area contributed by atoms with Gasteiger partial charge in [0.05, 0.1) is 15.8 Å². The number of carbonyl (C=O) groups is 2. The van der Waals surface area contributed by atoms with Gasteiger partial charge < -0.3 is 35.4 Å². The van der Waals surface area contributed by atoms with Crippen LogP contribution in [0.4, 0.5) is 5.69 Å². The van der Waals surface area contributed by atoms with Crippen LogP contribution in [0.25, 0.3) is 32.7 Å². The standard InChI is InChI=1S/C13H14ClN3O4.C13H15ClN2O2.C10H10ClN/c1-6-7(5-9(15)13(18)19)11-10(16(6)2)4-3-8(14)12(11)17(20)21;1-7-9(6-11(15)13(17)18)10-5-8(14)3-4-12(10)16(7)2;1-7-5-8-6-9(11)3-4-10(8)12(7)2/h3-4,9H,5,15H2,1-2H3,(H,18,19);3-5,11H,6,15H2,1-2H3,(H,17,18);3-6H,1-2H3. The molecule has 2 unspecified atom stereocenters. The molecule has 0 saturated carbocycles. The third-order valence-electron chi connectivity index (χ3n) is 9.20. The number of carboxylic acids is 2. The molecule has 0 aliphatic rings. The fraction of sp³-hybridized carbons (Fsp3) is 0.278. The molecule has 3 aromatic carbocycles. The Morgan fingerprint density at radius 1 is 0.745 bits per heavy atom. The number of nitrogens with two attached hydrogens (primary N) is 2.